The molecule has 4 rings (SSSR count). The molecule has 1 aliphatic heterocycles. The van der Waals surface area contributed by atoms with Crippen molar-refractivity contribution in [3.05, 3.63) is 65.7 Å². The van der Waals surface area contributed by atoms with Crippen LogP contribution in [0.2, 0.25) is 0 Å². The highest BCUT2D eigenvalue weighted by Crippen LogP contribution is 2.22. The van der Waals surface area contributed by atoms with E-state index in [2.05, 4.69) is 31.3 Å². The quantitative estimate of drug-likeness (QED) is 0.408. The second kappa shape index (κ2) is 10.2. The normalized spacial score (nSPS) is 15.7. The molecule has 3 heterocycles. The second-order valence-corrected chi connectivity index (χ2v) is 7.91. The van der Waals surface area contributed by atoms with E-state index in [4.69, 9.17) is 0 Å². The molecule has 2 amide bonds. The lowest BCUT2D eigenvalue weighted by Gasteiger charge is -2.24. The molecular weight excluding hydrogens is 425 g/mol. The Morgan fingerprint density at radius 2 is 2.18 bits per heavy atom. The summed E-state index contributed by atoms with van der Waals surface area (Å²) in [5.74, 6) is -0.249. The third kappa shape index (κ3) is 5.92. The minimum atomic E-state index is -0.298. The molecule has 0 aliphatic carbocycles. The minimum absolute atomic E-state index is 0.0947. The van der Waals surface area contributed by atoms with Gasteiger partial charge in [0.15, 0.2) is 0 Å². The lowest BCUT2D eigenvalue weighted by atomic mass is 10.1. The van der Waals surface area contributed by atoms with Crippen LogP contribution in [0.15, 0.2) is 48.8 Å². The fourth-order valence-electron chi connectivity index (χ4n) is 3.63. The zero-order chi connectivity index (χ0) is 23.2. The van der Waals surface area contributed by atoms with E-state index in [1.54, 1.807) is 29.1 Å². The first kappa shape index (κ1) is 22.4. The monoisotopic (exact) mass is 451 g/mol. The van der Waals surface area contributed by atoms with E-state index < -0.39 is 0 Å². The summed E-state index contributed by atoms with van der Waals surface area (Å²) in [4.78, 5) is 29.1. The first-order valence-corrected chi connectivity index (χ1v) is 10.7. The number of hydrogen-bond acceptors (Lipinski definition) is 6. The summed E-state index contributed by atoms with van der Waals surface area (Å²) in [7, 11) is 1.82. The molecule has 9 nitrogen and oxygen atoms in total. The van der Waals surface area contributed by atoms with E-state index in [0.29, 0.717) is 43.1 Å². The third-order valence-electron chi connectivity index (χ3n) is 5.29. The van der Waals surface area contributed by atoms with Gasteiger partial charge in [0, 0.05) is 38.4 Å². The van der Waals surface area contributed by atoms with E-state index in [9.17, 15) is 14.0 Å². The van der Waals surface area contributed by atoms with Crippen molar-refractivity contribution in [3.8, 4) is 11.3 Å². The Kier molecular flexibility index (Phi) is 6.94. The Balaban J connectivity index is 1.49. The highest BCUT2D eigenvalue weighted by molar-refractivity contribution is 5.99. The van der Waals surface area contributed by atoms with E-state index in [-0.39, 0.29) is 30.2 Å². The van der Waals surface area contributed by atoms with Gasteiger partial charge in [-0.05, 0) is 36.2 Å². The second-order valence-electron chi connectivity index (χ2n) is 7.91. The van der Waals surface area contributed by atoms with Crippen LogP contribution < -0.4 is 21.3 Å². The molecule has 3 aromatic rings. The number of aryl methyl sites for hydroxylation is 1. The standard InChI is InChI=1S/C23H26FN7O2/c1-31-14-16(10-28-31)20-6-5-19(23(33)27-12-18-11-25-13-21(32)29-18)22(30-20)26-8-7-15-3-2-4-17(24)9-15/h2-6,9-10,14,18,25H,7-8,11-13H2,1H3,(H,26,30)(H,27,33)(H,29,32)/t18-/m0/s1. The maximum atomic E-state index is 13.5. The van der Waals surface area contributed by atoms with Crippen LogP contribution in [0.1, 0.15) is 15.9 Å². The number of anilines is 1. The lowest BCUT2D eigenvalue weighted by molar-refractivity contribution is -0.122. The summed E-state index contributed by atoms with van der Waals surface area (Å²) >= 11 is 0. The van der Waals surface area contributed by atoms with Crippen LogP contribution in [0.3, 0.4) is 0 Å². The Hall–Kier alpha value is -3.79. The Labute approximate surface area is 190 Å². The molecule has 1 saturated heterocycles. The Bertz CT molecular complexity index is 1150. The van der Waals surface area contributed by atoms with Gasteiger partial charge in [-0.15, -0.1) is 0 Å². The Morgan fingerprint density at radius 3 is 2.94 bits per heavy atom. The van der Waals surface area contributed by atoms with Crippen LogP contribution in [-0.2, 0) is 18.3 Å². The number of nitrogens with zero attached hydrogens (tertiary/aromatic N) is 3. The largest absolute Gasteiger partial charge is 0.369 e. The van der Waals surface area contributed by atoms with Crippen molar-refractivity contribution in [3.63, 3.8) is 0 Å². The number of rotatable bonds is 8. The average Bonchev–Trinajstić information content (AvgIpc) is 3.24. The van der Waals surface area contributed by atoms with Gasteiger partial charge in [-0.25, -0.2) is 9.37 Å². The molecule has 0 bridgehead atoms. The van der Waals surface area contributed by atoms with Crippen molar-refractivity contribution < 1.29 is 14.0 Å². The van der Waals surface area contributed by atoms with Crippen molar-refractivity contribution in [2.24, 2.45) is 7.05 Å². The highest BCUT2D eigenvalue weighted by Gasteiger charge is 2.20. The molecule has 172 valence electrons. The van der Waals surface area contributed by atoms with E-state index >= 15 is 0 Å². The fourth-order valence-corrected chi connectivity index (χ4v) is 3.63. The molecular formula is C23H26FN7O2. The lowest BCUT2D eigenvalue weighted by Crippen LogP contribution is -2.56. The number of amides is 2. The highest BCUT2D eigenvalue weighted by atomic mass is 19.1. The number of carbonyl (C=O) groups is 2. The van der Waals surface area contributed by atoms with Gasteiger partial charge in [0.25, 0.3) is 5.91 Å². The average molecular weight is 452 g/mol. The first-order chi connectivity index (χ1) is 16.0. The molecule has 4 N–H and O–H groups in total. The number of halogens is 1. The summed E-state index contributed by atoms with van der Waals surface area (Å²) in [6.45, 7) is 1.63. The topological polar surface area (TPSA) is 113 Å². The molecule has 10 heteroatoms. The fraction of sp³-hybridized carbons (Fsp3) is 0.304. The van der Waals surface area contributed by atoms with Crippen LogP contribution in [0.4, 0.5) is 10.2 Å². The van der Waals surface area contributed by atoms with Gasteiger partial charge < -0.3 is 21.3 Å². The minimum Gasteiger partial charge on any atom is -0.369 e. The van der Waals surface area contributed by atoms with Crippen LogP contribution in [0, 0.1) is 5.82 Å². The summed E-state index contributed by atoms with van der Waals surface area (Å²) in [5, 5.41) is 16.1. The van der Waals surface area contributed by atoms with Gasteiger partial charge in [0.1, 0.15) is 11.6 Å². The summed E-state index contributed by atoms with van der Waals surface area (Å²) in [6.07, 6.45) is 4.12. The van der Waals surface area contributed by atoms with Gasteiger partial charge >= 0.3 is 0 Å². The van der Waals surface area contributed by atoms with Crippen molar-refractivity contribution in [1.29, 1.82) is 0 Å². The van der Waals surface area contributed by atoms with Crippen molar-refractivity contribution >= 4 is 17.6 Å². The summed E-state index contributed by atoms with van der Waals surface area (Å²) in [5.41, 5.74) is 2.74. The molecule has 1 atom stereocenters. The molecule has 0 radical (unpaired) electrons. The van der Waals surface area contributed by atoms with E-state index in [1.165, 1.54) is 12.1 Å². The van der Waals surface area contributed by atoms with Gasteiger partial charge in [0.05, 0.1) is 30.0 Å². The smallest absolute Gasteiger partial charge is 0.255 e. The number of aromatic nitrogens is 3. The molecule has 0 unspecified atom stereocenters. The predicted molar refractivity (Wildman–Crippen MR) is 122 cm³/mol. The molecule has 1 aromatic carbocycles. The maximum absolute atomic E-state index is 13.5. The van der Waals surface area contributed by atoms with E-state index in [1.807, 2.05) is 19.3 Å². The van der Waals surface area contributed by atoms with Crippen molar-refractivity contribution in [1.82, 2.24) is 30.7 Å². The molecule has 2 aromatic heterocycles. The zero-order valence-electron chi connectivity index (χ0n) is 18.3. The van der Waals surface area contributed by atoms with Gasteiger partial charge in [-0.3, -0.25) is 14.3 Å². The molecule has 33 heavy (non-hydrogen) atoms. The molecule has 1 fully saturated rings. The number of hydrogen-bond donors (Lipinski definition) is 4. The van der Waals surface area contributed by atoms with Crippen molar-refractivity contribution in [2.45, 2.75) is 12.5 Å². The van der Waals surface area contributed by atoms with Crippen molar-refractivity contribution in [2.75, 3.05) is 31.5 Å². The van der Waals surface area contributed by atoms with Gasteiger partial charge in [-0.1, -0.05) is 12.1 Å². The van der Waals surface area contributed by atoms with E-state index in [0.717, 1.165) is 11.1 Å². The van der Waals surface area contributed by atoms with Crippen LogP contribution >= 0.6 is 0 Å². The predicted octanol–water partition coefficient (Wildman–Crippen LogP) is 1.09. The number of pyridine rings is 1. The molecule has 1 aliphatic rings. The van der Waals surface area contributed by atoms with Gasteiger partial charge in [0.2, 0.25) is 5.91 Å². The van der Waals surface area contributed by atoms with Crippen LogP contribution in [-0.4, -0.2) is 58.8 Å². The number of carbonyl (C=O) groups excluding carboxylic acids is 2. The Morgan fingerprint density at radius 1 is 1.30 bits per heavy atom. The zero-order valence-corrected chi connectivity index (χ0v) is 18.3. The first-order valence-electron chi connectivity index (χ1n) is 10.7. The third-order valence-corrected chi connectivity index (χ3v) is 5.29. The van der Waals surface area contributed by atoms with Crippen LogP contribution in [0.5, 0.6) is 0 Å². The molecule has 0 spiro atoms. The molecule has 0 saturated carbocycles. The number of piperazine rings is 1. The van der Waals surface area contributed by atoms with Gasteiger partial charge in [-0.2, -0.15) is 5.10 Å². The maximum Gasteiger partial charge on any atom is 0.255 e. The summed E-state index contributed by atoms with van der Waals surface area (Å²) in [6, 6.07) is 9.72. The number of benzene rings is 1. The SMILES string of the molecule is Cn1cc(-c2ccc(C(=O)NC[C@@H]3CNCC(=O)N3)c(NCCc3cccc(F)c3)n2)cn1. The van der Waals surface area contributed by atoms with Crippen LogP contribution in [0.25, 0.3) is 11.3 Å². The summed E-state index contributed by atoms with van der Waals surface area (Å²) < 4.78 is 15.1. The number of nitrogens with one attached hydrogen (secondary N) is 4.